The van der Waals surface area contributed by atoms with Crippen LogP contribution in [0.15, 0.2) is 28.9 Å². The van der Waals surface area contributed by atoms with Crippen molar-refractivity contribution >= 4 is 17.8 Å². The Morgan fingerprint density at radius 3 is 2.68 bits per heavy atom. The van der Waals surface area contributed by atoms with Crippen molar-refractivity contribution in [1.29, 1.82) is 0 Å². The van der Waals surface area contributed by atoms with Crippen LogP contribution in [0.3, 0.4) is 0 Å². The van der Waals surface area contributed by atoms with E-state index >= 15 is 0 Å². The Kier molecular flexibility index (Phi) is 3.85. The number of methoxy groups -OCH3 is 2. The van der Waals surface area contributed by atoms with Crippen LogP contribution in [0.5, 0.6) is 11.5 Å². The summed E-state index contributed by atoms with van der Waals surface area (Å²) in [4.78, 5) is 16.0. The van der Waals surface area contributed by atoms with Crippen molar-refractivity contribution in [2.24, 2.45) is 4.99 Å². The zero-order chi connectivity index (χ0) is 13.8. The second-order valence-electron chi connectivity index (χ2n) is 4.00. The van der Waals surface area contributed by atoms with Gasteiger partial charge >= 0.3 is 0 Å². The van der Waals surface area contributed by atoms with Crippen molar-refractivity contribution in [3.63, 3.8) is 0 Å². The number of rotatable bonds is 4. The van der Waals surface area contributed by atoms with E-state index in [0.717, 1.165) is 5.56 Å². The molecule has 1 aromatic rings. The predicted molar refractivity (Wildman–Crippen MR) is 73.4 cm³/mol. The molecule has 1 aliphatic rings. The lowest BCUT2D eigenvalue weighted by atomic mass is 10.1. The molecule has 1 aliphatic heterocycles. The molecule has 0 radical (unpaired) electrons. The number of ether oxygens (including phenoxy) is 2. The van der Waals surface area contributed by atoms with Crippen molar-refractivity contribution < 1.29 is 14.3 Å². The molecule has 1 aromatic carbocycles. The summed E-state index contributed by atoms with van der Waals surface area (Å²) in [5.41, 5.74) is 1.14. The van der Waals surface area contributed by atoms with Crippen molar-refractivity contribution in [1.82, 2.24) is 5.32 Å². The molecule has 0 bridgehead atoms. The fourth-order valence-corrected chi connectivity index (χ4v) is 1.78. The Balaban J connectivity index is 2.41. The Morgan fingerprint density at radius 2 is 2.11 bits per heavy atom. The number of carbonyl (C=O) groups is 1. The third-order valence-corrected chi connectivity index (χ3v) is 2.81. The molecule has 1 amide bonds. The first-order valence-corrected chi connectivity index (χ1v) is 6.00. The maximum Gasteiger partial charge on any atom is 0.275 e. The summed E-state index contributed by atoms with van der Waals surface area (Å²) in [5.74, 6) is 1.85. The van der Waals surface area contributed by atoms with Gasteiger partial charge in [0, 0.05) is 12.0 Å². The quantitative estimate of drug-likeness (QED) is 0.842. The number of carbonyl (C=O) groups excluding carboxylic acids is 1. The minimum absolute atomic E-state index is 0.193. The largest absolute Gasteiger partial charge is 0.497 e. The normalized spacial score (nSPS) is 16.3. The molecule has 1 heterocycles. The van der Waals surface area contributed by atoms with Gasteiger partial charge in [0.25, 0.3) is 5.91 Å². The van der Waals surface area contributed by atoms with E-state index in [-0.39, 0.29) is 5.91 Å². The fraction of sp³-hybridized carbons (Fsp3) is 0.286. The summed E-state index contributed by atoms with van der Waals surface area (Å²) in [6.45, 7) is 1.94. The summed E-state index contributed by atoms with van der Waals surface area (Å²) in [6, 6.07) is 5.40. The first kappa shape index (κ1) is 13.1. The number of benzene rings is 1. The number of aliphatic imine (C=N–C) groups is 1. The Morgan fingerprint density at radius 1 is 1.32 bits per heavy atom. The predicted octanol–water partition coefficient (Wildman–Crippen LogP) is 1.98. The number of hydrogen-bond acceptors (Lipinski definition) is 4. The van der Waals surface area contributed by atoms with Crippen LogP contribution in [0.4, 0.5) is 0 Å². The molecule has 0 aromatic heterocycles. The van der Waals surface area contributed by atoms with Gasteiger partial charge in [0.15, 0.2) is 0 Å². The third-order valence-electron chi connectivity index (χ3n) is 2.81. The van der Waals surface area contributed by atoms with Crippen LogP contribution in [-0.2, 0) is 4.79 Å². The van der Waals surface area contributed by atoms with E-state index in [1.165, 1.54) is 0 Å². The highest BCUT2D eigenvalue weighted by Gasteiger charge is 2.19. The van der Waals surface area contributed by atoms with Gasteiger partial charge in [-0.15, -0.1) is 0 Å². The van der Waals surface area contributed by atoms with Gasteiger partial charge in [0.1, 0.15) is 23.0 Å². The topological polar surface area (TPSA) is 59.9 Å². The maximum atomic E-state index is 11.7. The van der Waals surface area contributed by atoms with Gasteiger partial charge in [-0.2, -0.15) is 0 Å². The van der Waals surface area contributed by atoms with Gasteiger partial charge in [-0.05, 0) is 24.3 Å². The van der Waals surface area contributed by atoms with Crippen LogP contribution in [0.1, 0.15) is 18.9 Å². The summed E-state index contributed by atoms with van der Waals surface area (Å²) in [6.07, 6.45) is 2.39. The molecule has 0 fully saturated rings. The first-order chi connectivity index (χ1) is 9.17. The third kappa shape index (κ3) is 2.76. The minimum Gasteiger partial charge on any atom is -0.497 e. The van der Waals surface area contributed by atoms with Crippen molar-refractivity contribution in [3.05, 3.63) is 29.5 Å². The second-order valence-corrected chi connectivity index (χ2v) is 4.00. The second kappa shape index (κ2) is 5.56. The van der Waals surface area contributed by atoms with E-state index in [1.54, 1.807) is 38.5 Å². The molecular weight excluding hydrogens is 244 g/mol. The van der Waals surface area contributed by atoms with E-state index in [9.17, 15) is 4.79 Å². The maximum absolute atomic E-state index is 11.7. The van der Waals surface area contributed by atoms with Gasteiger partial charge in [-0.25, -0.2) is 4.99 Å². The van der Waals surface area contributed by atoms with Crippen LogP contribution >= 0.6 is 0 Å². The van der Waals surface area contributed by atoms with Crippen molar-refractivity contribution in [3.8, 4) is 11.5 Å². The lowest BCUT2D eigenvalue weighted by molar-refractivity contribution is -0.115. The molecular formula is C14H16N2O3. The van der Waals surface area contributed by atoms with Gasteiger partial charge in [-0.1, -0.05) is 6.92 Å². The van der Waals surface area contributed by atoms with Gasteiger partial charge in [-0.3, -0.25) is 4.79 Å². The van der Waals surface area contributed by atoms with Gasteiger partial charge in [0.2, 0.25) is 0 Å². The highest BCUT2D eigenvalue weighted by atomic mass is 16.5. The van der Waals surface area contributed by atoms with Gasteiger partial charge < -0.3 is 14.8 Å². The lowest BCUT2D eigenvalue weighted by Gasteiger charge is -2.07. The van der Waals surface area contributed by atoms with Crippen LogP contribution in [-0.4, -0.2) is 26.0 Å². The zero-order valence-corrected chi connectivity index (χ0v) is 11.2. The van der Waals surface area contributed by atoms with E-state index in [2.05, 4.69) is 10.3 Å². The molecule has 1 N–H and O–H groups in total. The summed E-state index contributed by atoms with van der Waals surface area (Å²) < 4.78 is 10.4. The average molecular weight is 260 g/mol. The Bertz CT molecular complexity index is 562. The van der Waals surface area contributed by atoms with E-state index in [1.807, 2.05) is 6.92 Å². The Labute approximate surface area is 111 Å². The van der Waals surface area contributed by atoms with Crippen molar-refractivity contribution in [2.75, 3.05) is 14.2 Å². The molecule has 0 aliphatic carbocycles. The van der Waals surface area contributed by atoms with Crippen molar-refractivity contribution in [2.45, 2.75) is 13.3 Å². The monoisotopic (exact) mass is 260 g/mol. The number of amidine groups is 1. The molecule has 2 rings (SSSR count). The molecule has 0 unspecified atom stereocenters. The Hall–Kier alpha value is -2.30. The van der Waals surface area contributed by atoms with Crippen LogP contribution in [0.2, 0.25) is 0 Å². The van der Waals surface area contributed by atoms with Gasteiger partial charge in [0.05, 0.1) is 14.2 Å². The molecule has 19 heavy (non-hydrogen) atoms. The lowest BCUT2D eigenvalue weighted by Crippen LogP contribution is -2.23. The molecule has 0 saturated carbocycles. The van der Waals surface area contributed by atoms with E-state index < -0.39 is 0 Å². The molecule has 100 valence electrons. The first-order valence-electron chi connectivity index (χ1n) is 6.00. The van der Waals surface area contributed by atoms with Crippen LogP contribution in [0.25, 0.3) is 6.08 Å². The van der Waals surface area contributed by atoms with Crippen LogP contribution in [0, 0.1) is 0 Å². The van der Waals surface area contributed by atoms with Crippen LogP contribution < -0.4 is 14.8 Å². The number of amides is 1. The fourth-order valence-electron chi connectivity index (χ4n) is 1.78. The highest BCUT2D eigenvalue weighted by Crippen LogP contribution is 2.27. The molecule has 5 nitrogen and oxygen atoms in total. The molecule has 0 atom stereocenters. The molecule has 0 spiro atoms. The van der Waals surface area contributed by atoms with E-state index in [4.69, 9.17) is 9.47 Å². The highest BCUT2D eigenvalue weighted by molar-refractivity contribution is 6.14. The number of nitrogens with zero attached hydrogens (tertiary/aromatic N) is 1. The van der Waals surface area contributed by atoms with E-state index in [0.29, 0.717) is 29.5 Å². The molecule has 5 heteroatoms. The average Bonchev–Trinajstić information content (AvgIpc) is 2.79. The summed E-state index contributed by atoms with van der Waals surface area (Å²) in [7, 11) is 3.17. The zero-order valence-electron chi connectivity index (χ0n) is 11.2. The number of hydrogen-bond donors (Lipinski definition) is 1. The summed E-state index contributed by atoms with van der Waals surface area (Å²) in [5, 5.41) is 2.71. The molecule has 0 saturated heterocycles. The standard InChI is InChI=1S/C14H16N2O3/c1-4-13-15-11(14(17)16-13)8-9-7-10(18-2)5-6-12(9)19-3/h5-8H,4H2,1-3H3,(H,15,16,17)/b11-8-. The smallest absolute Gasteiger partial charge is 0.275 e. The SMILES string of the molecule is CCC1=N/C(=C\c2cc(OC)ccc2OC)C(=O)N1. The minimum atomic E-state index is -0.193. The summed E-state index contributed by atoms with van der Waals surface area (Å²) >= 11 is 0. The number of nitrogens with one attached hydrogen (secondary N) is 1.